The van der Waals surface area contributed by atoms with E-state index < -0.39 is 0 Å². The molecule has 1 N–H and O–H groups in total. The Morgan fingerprint density at radius 2 is 2.11 bits per heavy atom. The van der Waals surface area contributed by atoms with Crippen molar-refractivity contribution in [2.75, 3.05) is 5.32 Å². The molecular weight excluding hydrogens is 416 g/mol. The molecule has 0 saturated heterocycles. The van der Waals surface area contributed by atoms with Gasteiger partial charge in [0, 0.05) is 10.1 Å². The molecule has 0 aliphatic heterocycles. The molecule has 0 fully saturated rings. The number of nitriles is 1. The topological polar surface area (TPSA) is 52.9 Å². The maximum atomic E-state index is 12.9. The van der Waals surface area contributed by atoms with Crippen molar-refractivity contribution in [3.05, 3.63) is 54.7 Å². The zero-order valence-electron chi connectivity index (χ0n) is 14.5. The number of thiophene rings is 1. The number of hydrogen-bond donors (Lipinski definition) is 1. The van der Waals surface area contributed by atoms with E-state index in [9.17, 15) is 10.1 Å². The second-order valence-electron chi connectivity index (χ2n) is 6.71. The molecule has 0 bridgehead atoms. The van der Waals surface area contributed by atoms with Gasteiger partial charge in [-0.25, -0.2) is 0 Å². The van der Waals surface area contributed by atoms with E-state index in [1.54, 1.807) is 0 Å². The molecule has 1 unspecified atom stereocenters. The van der Waals surface area contributed by atoms with Crippen molar-refractivity contribution in [1.82, 2.24) is 0 Å². The van der Waals surface area contributed by atoms with Gasteiger partial charge in [0.25, 0.3) is 5.91 Å². The molecule has 2 aromatic heterocycles. The highest BCUT2D eigenvalue weighted by molar-refractivity contribution is 7.73. The van der Waals surface area contributed by atoms with Crippen LogP contribution >= 0.6 is 46.5 Å². The van der Waals surface area contributed by atoms with E-state index in [0.717, 1.165) is 44.3 Å². The summed E-state index contributed by atoms with van der Waals surface area (Å²) in [5.41, 5.74) is 2.64. The van der Waals surface area contributed by atoms with E-state index in [-0.39, 0.29) is 5.91 Å². The molecule has 0 saturated carbocycles. The molecule has 0 radical (unpaired) electrons. The Bertz CT molecular complexity index is 1170. The lowest BCUT2D eigenvalue weighted by molar-refractivity contribution is 0.103. The first kappa shape index (κ1) is 18.6. The minimum Gasteiger partial charge on any atom is -0.312 e. The lowest BCUT2D eigenvalue weighted by Crippen LogP contribution is -2.16. The molecular formula is C20H15ClN2OS3. The van der Waals surface area contributed by atoms with Crippen molar-refractivity contribution in [2.45, 2.75) is 26.2 Å². The molecule has 1 aliphatic carbocycles. The fourth-order valence-electron chi connectivity index (χ4n) is 3.47. The van der Waals surface area contributed by atoms with Crippen LogP contribution in [0.5, 0.6) is 0 Å². The molecule has 1 aromatic carbocycles. The molecule has 4 rings (SSSR count). The number of rotatable bonds is 2. The van der Waals surface area contributed by atoms with Crippen LogP contribution < -0.4 is 5.32 Å². The van der Waals surface area contributed by atoms with Crippen molar-refractivity contribution in [1.29, 1.82) is 5.26 Å². The zero-order chi connectivity index (χ0) is 19.1. The van der Waals surface area contributed by atoms with E-state index >= 15 is 0 Å². The maximum absolute atomic E-state index is 12.9. The highest BCUT2D eigenvalue weighted by Gasteiger charge is 2.24. The van der Waals surface area contributed by atoms with Gasteiger partial charge in [-0.3, -0.25) is 4.79 Å². The average molecular weight is 431 g/mol. The summed E-state index contributed by atoms with van der Waals surface area (Å²) in [6.07, 6.45) is 2.75. The van der Waals surface area contributed by atoms with Crippen LogP contribution in [0.4, 0.5) is 5.00 Å². The molecule has 1 aliphatic rings. The number of fused-ring (bicyclic) bond motifs is 2. The smallest absolute Gasteiger partial charge is 0.267 e. The molecule has 3 aromatic rings. The van der Waals surface area contributed by atoms with Crippen molar-refractivity contribution in [2.24, 2.45) is 5.92 Å². The number of carbonyl (C=O) groups excluding carboxylic acids is 1. The summed E-state index contributed by atoms with van der Waals surface area (Å²) in [5, 5.41) is 14.5. The average Bonchev–Trinajstić information content (AvgIpc) is 3.00. The standard InChI is InChI=1S/C20H15ClN2OS3/c1-10-6-7-11-13(8-10)20(25)27-19(14(11)9-22)23-18(24)17-16(21)12-4-2-3-5-15(12)26-17/h2-5,10H,6-8H2,1H3,(H,23,24). The second kappa shape index (κ2) is 7.33. The Kier molecular flexibility index (Phi) is 5.04. The normalized spacial score (nSPS) is 16.0. The first-order valence-electron chi connectivity index (χ1n) is 8.57. The van der Waals surface area contributed by atoms with Gasteiger partial charge in [0.2, 0.25) is 0 Å². The summed E-state index contributed by atoms with van der Waals surface area (Å²) in [6.45, 7) is 2.20. The molecule has 1 atom stereocenters. The van der Waals surface area contributed by atoms with E-state index in [4.69, 9.17) is 23.8 Å². The number of nitrogens with one attached hydrogen (secondary N) is 1. The summed E-state index contributed by atoms with van der Waals surface area (Å²) in [4.78, 5) is 13.3. The number of anilines is 1. The van der Waals surface area contributed by atoms with E-state index in [0.29, 0.717) is 26.4 Å². The summed E-state index contributed by atoms with van der Waals surface area (Å²) in [7, 11) is 0. The number of nitrogens with zero attached hydrogens (tertiary/aromatic N) is 1. The van der Waals surface area contributed by atoms with E-state index in [1.807, 2.05) is 24.3 Å². The number of amides is 1. The predicted octanol–water partition coefficient (Wildman–Crippen LogP) is 6.59. The van der Waals surface area contributed by atoms with Gasteiger partial charge in [0.05, 0.1) is 14.4 Å². The van der Waals surface area contributed by atoms with Gasteiger partial charge in [0.15, 0.2) is 0 Å². The molecule has 136 valence electrons. The minimum atomic E-state index is -0.299. The fraction of sp³-hybridized carbons (Fsp3) is 0.250. The predicted molar refractivity (Wildman–Crippen MR) is 116 cm³/mol. The quantitative estimate of drug-likeness (QED) is 0.466. The van der Waals surface area contributed by atoms with Crippen LogP contribution in [0.15, 0.2) is 24.3 Å². The van der Waals surface area contributed by atoms with Gasteiger partial charge >= 0.3 is 0 Å². The zero-order valence-corrected chi connectivity index (χ0v) is 17.7. The highest BCUT2D eigenvalue weighted by atomic mass is 35.5. The van der Waals surface area contributed by atoms with Crippen LogP contribution in [-0.2, 0) is 12.8 Å². The summed E-state index contributed by atoms with van der Waals surface area (Å²) in [5.74, 6) is 0.267. The Morgan fingerprint density at radius 3 is 2.85 bits per heavy atom. The summed E-state index contributed by atoms with van der Waals surface area (Å²) in [6, 6.07) is 9.93. The van der Waals surface area contributed by atoms with Crippen molar-refractivity contribution < 1.29 is 4.79 Å². The van der Waals surface area contributed by atoms with Gasteiger partial charge < -0.3 is 5.32 Å². The van der Waals surface area contributed by atoms with Gasteiger partial charge in [0.1, 0.15) is 15.9 Å². The van der Waals surface area contributed by atoms with E-state index in [2.05, 4.69) is 18.3 Å². The maximum Gasteiger partial charge on any atom is 0.267 e. The van der Waals surface area contributed by atoms with E-state index in [1.165, 1.54) is 22.7 Å². The second-order valence-corrected chi connectivity index (χ2v) is 9.82. The van der Waals surface area contributed by atoms with Gasteiger partial charge in [-0.1, -0.05) is 48.9 Å². The first-order chi connectivity index (χ1) is 13.0. The third-order valence-electron chi connectivity index (χ3n) is 4.85. The Labute approximate surface area is 175 Å². The lowest BCUT2D eigenvalue weighted by Gasteiger charge is -2.23. The summed E-state index contributed by atoms with van der Waals surface area (Å²) < 4.78 is 1.72. The van der Waals surface area contributed by atoms with Crippen molar-refractivity contribution in [3.8, 4) is 6.07 Å². The lowest BCUT2D eigenvalue weighted by atomic mass is 9.85. The van der Waals surface area contributed by atoms with Gasteiger partial charge in [-0.05, 0) is 42.4 Å². The molecule has 2 heterocycles. The SMILES string of the molecule is CC1CCc2c(C#N)c(NC(=O)c3sc4ccccc4c3Cl)sc(=S)c2C1. The molecule has 7 heteroatoms. The summed E-state index contributed by atoms with van der Waals surface area (Å²) >= 11 is 14.6. The largest absolute Gasteiger partial charge is 0.312 e. The number of halogens is 1. The third kappa shape index (κ3) is 3.30. The molecule has 1 amide bonds. The third-order valence-corrected chi connectivity index (χ3v) is 7.97. The highest BCUT2D eigenvalue weighted by Crippen LogP contribution is 2.38. The van der Waals surface area contributed by atoms with Crippen LogP contribution in [-0.4, -0.2) is 5.91 Å². The minimum absolute atomic E-state index is 0.299. The van der Waals surface area contributed by atoms with Gasteiger partial charge in [-0.2, -0.15) is 5.26 Å². The monoisotopic (exact) mass is 430 g/mol. The van der Waals surface area contributed by atoms with Gasteiger partial charge in [-0.15, -0.1) is 22.7 Å². The van der Waals surface area contributed by atoms with Crippen LogP contribution in [0.25, 0.3) is 10.1 Å². The fourth-order valence-corrected chi connectivity index (χ4v) is 6.26. The molecule has 27 heavy (non-hydrogen) atoms. The Morgan fingerprint density at radius 1 is 1.33 bits per heavy atom. The number of carbonyl (C=O) groups is 1. The number of benzene rings is 1. The van der Waals surface area contributed by atoms with Crippen LogP contribution in [0.1, 0.15) is 39.7 Å². The van der Waals surface area contributed by atoms with Crippen LogP contribution in [0.2, 0.25) is 5.02 Å². The number of hydrogen-bond acceptors (Lipinski definition) is 5. The molecule has 0 spiro atoms. The van der Waals surface area contributed by atoms with Crippen molar-refractivity contribution >= 4 is 67.5 Å². The molecule has 3 nitrogen and oxygen atoms in total. The Hall–Kier alpha value is -1.78. The first-order valence-corrected chi connectivity index (χ1v) is 11.0. The van der Waals surface area contributed by atoms with Crippen LogP contribution in [0.3, 0.4) is 0 Å². The Balaban J connectivity index is 1.75. The van der Waals surface area contributed by atoms with Crippen molar-refractivity contribution in [3.63, 3.8) is 0 Å². The van der Waals surface area contributed by atoms with Crippen LogP contribution in [0, 0.1) is 21.1 Å².